The molecule has 196 valence electrons. The molecule has 3 aromatic rings. The van der Waals surface area contributed by atoms with Gasteiger partial charge in [0.15, 0.2) is 17.0 Å². The molecular weight excluding hydrogens is 499 g/mol. The predicted molar refractivity (Wildman–Crippen MR) is 135 cm³/mol. The predicted octanol–water partition coefficient (Wildman–Crippen LogP) is 3.33. The Balaban J connectivity index is 1.41. The fourth-order valence-electron chi connectivity index (χ4n) is 5.30. The minimum atomic E-state index is -4.65. The van der Waals surface area contributed by atoms with Crippen molar-refractivity contribution in [1.29, 1.82) is 0 Å². The zero-order chi connectivity index (χ0) is 26.0. The van der Waals surface area contributed by atoms with Crippen molar-refractivity contribution in [3.05, 3.63) is 54.6 Å². The maximum absolute atomic E-state index is 12.0. The van der Waals surface area contributed by atoms with E-state index in [1.807, 2.05) is 37.3 Å². The number of carbonyl (C=O) groups is 1. The number of phosphoric acid groups is 1. The van der Waals surface area contributed by atoms with Crippen molar-refractivity contribution < 1.29 is 28.4 Å². The summed E-state index contributed by atoms with van der Waals surface area (Å²) in [6.45, 7) is 2.06. The van der Waals surface area contributed by atoms with E-state index in [1.54, 1.807) is 10.9 Å². The van der Waals surface area contributed by atoms with Crippen LogP contribution in [-0.2, 0) is 13.8 Å². The van der Waals surface area contributed by atoms with Crippen molar-refractivity contribution in [3.8, 4) is 0 Å². The van der Waals surface area contributed by atoms with Crippen LogP contribution in [0.5, 0.6) is 0 Å². The van der Waals surface area contributed by atoms with Crippen molar-refractivity contribution in [2.24, 2.45) is 17.8 Å². The summed E-state index contributed by atoms with van der Waals surface area (Å²) in [5, 5.41) is 5.35. The number of rotatable bonds is 8. The van der Waals surface area contributed by atoms with Crippen molar-refractivity contribution in [2.75, 3.05) is 18.5 Å². The fraction of sp³-hybridized carbons (Fsp3) is 0.417. The van der Waals surface area contributed by atoms with E-state index < -0.39 is 26.2 Å². The highest BCUT2D eigenvalue weighted by Crippen LogP contribution is 2.53. The van der Waals surface area contributed by atoms with E-state index in [4.69, 9.17) is 9.26 Å². The number of aromatic nitrogens is 4. The largest absolute Gasteiger partial charge is 0.469 e. The quantitative estimate of drug-likeness (QED) is 0.322. The lowest BCUT2D eigenvalue weighted by molar-refractivity contribution is -0.0406. The number of imidazole rings is 1. The number of allylic oxidation sites excluding steroid dienone is 1. The number of phosphoric ester groups is 1. The lowest BCUT2D eigenvalue weighted by Crippen LogP contribution is -2.28. The molecule has 2 amide bonds. The molecule has 0 spiro atoms. The summed E-state index contributed by atoms with van der Waals surface area (Å²) in [5.74, 6) is 0.608. The second-order valence-corrected chi connectivity index (χ2v) is 10.5. The van der Waals surface area contributed by atoms with Crippen LogP contribution in [0.3, 0.4) is 0 Å². The molecule has 5 atom stereocenters. The molecule has 37 heavy (non-hydrogen) atoms. The molecule has 1 aliphatic carbocycles. The maximum atomic E-state index is 12.0. The first-order chi connectivity index (χ1) is 17.8. The smallest absolute Gasteiger partial charge is 0.352 e. The number of benzene rings is 1. The Kier molecular flexibility index (Phi) is 7.36. The number of amides is 2. The highest BCUT2D eigenvalue weighted by atomic mass is 31.2. The Labute approximate surface area is 213 Å². The van der Waals surface area contributed by atoms with Gasteiger partial charge >= 0.3 is 13.9 Å². The molecule has 1 saturated carbocycles. The van der Waals surface area contributed by atoms with E-state index in [0.717, 1.165) is 18.4 Å². The van der Waals surface area contributed by atoms with Crippen LogP contribution in [0.1, 0.15) is 31.6 Å². The summed E-state index contributed by atoms with van der Waals surface area (Å²) >= 11 is 0. The van der Waals surface area contributed by atoms with Gasteiger partial charge < -0.3 is 19.8 Å². The summed E-state index contributed by atoms with van der Waals surface area (Å²) in [5.41, 5.74) is 2.02. The van der Waals surface area contributed by atoms with E-state index in [-0.39, 0.29) is 30.2 Å². The second-order valence-electron chi connectivity index (χ2n) is 9.21. The fourth-order valence-corrected chi connectivity index (χ4v) is 5.64. The number of hydrogen-bond acceptors (Lipinski definition) is 7. The molecule has 12 nitrogen and oxygen atoms in total. The van der Waals surface area contributed by atoms with Gasteiger partial charge in [0.1, 0.15) is 12.6 Å². The maximum Gasteiger partial charge on any atom is 0.469 e. The first kappa shape index (κ1) is 25.5. The molecule has 2 aromatic heterocycles. The Morgan fingerprint density at radius 3 is 2.76 bits per heavy atom. The third-order valence-electron chi connectivity index (χ3n) is 6.83. The first-order valence-electron chi connectivity index (χ1n) is 12.1. The molecule has 2 fully saturated rings. The van der Waals surface area contributed by atoms with E-state index in [9.17, 15) is 19.1 Å². The van der Waals surface area contributed by atoms with Gasteiger partial charge in [-0.2, -0.15) is 0 Å². The number of nitrogens with zero attached hydrogens (tertiary/aromatic N) is 4. The highest BCUT2D eigenvalue weighted by Gasteiger charge is 2.51. The first-order valence-corrected chi connectivity index (χ1v) is 13.7. The lowest BCUT2D eigenvalue weighted by Gasteiger charge is -2.20. The molecule has 1 saturated heterocycles. The third kappa shape index (κ3) is 5.73. The normalized spacial score (nSPS) is 25.5. The number of urea groups is 1. The number of fused-ring (bicyclic) bond motifs is 2. The molecule has 5 rings (SSSR count). The van der Waals surface area contributed by atoms with E-state index in [0.29, 0.717) is 17.7 Å². The minimum Gasteiger partial charge on any atom is -0.352 e. The van der Waals surface area contributed by atoms with Gasteiger partial charge in [0, 0.05) is 12.5 Å². The second kappa shape index (κ2) is 10.7. The lowest BCUT2D eigenvalue weighted by atomic mass is 9.93. The molecule has 1 unspecified atom stereocenters. The van der Waals surface area contributed by atoms with Gasteiger partial charge in [-0.05, 0) is 37.2 Å². The van der Waals surface area contributed by atoms with Crippen LogP contribution in [0.4, 0.5) is 10.6 Å². The molecule has 1 aliphatic heterocycles. The third-order valence-corrected chi connectivity index (χ3v) is 7.31. The summed E-state index contributed by atoms with van der Waals surface area (Å²) in [7, 11) is -4.65. The summed E-state index contributed by atoms with van der Waals surface area (Å²) in [6.07, 6.45) is 7.88. The Hall–Kier alpha value is -3.15. The van der Waals surface area contributed by atoms with Crippen LogP contribution in [0.15, 0.2) is 49.1 Å². The Morgan fingerprint density at radius 1 is 1.22 bits per heavy atom. The molecule has 4 N–H and O–H groups in total. The molecule has 1 aromatic carbocycles. The summed E-state index contributed by atoms with van der Waals surface area (Å²) in [6, 6.07) is 9.64. The van der Waals surface area contributed by atoms with E-state index in [2.05, 4.69) is 37.7 Å². The minimum absolute atomic E-state index is 0.0224. The van der Waals surface area contributed by atoms with Gasteiger partial charge in [0.2, 0.25) is 0 Å². The van der Waals surface area contributed by atoms with Crippen molar-refractivity contribution in [1.82, 2.24) is 24.8 Å². The topological polar surface area (TPSA) is 161 Å². The highest BCUT2D eigenvalue weighted by molar-refractivity contribution is 7.46. The zero-order valence-corrected chi connectivity index (χ0v) is 21.1. The molecule has 13 heteroatoms. The van der Waals surface area contributed by atoms with E-state index in [1.165, 1.54) is 6.33 Å². The Morgan fingerprint density at radius 2 is 2.00 bits per heavy atom. The van der Waals surface area contributed by atoms with Crippen LogP contribution in [-0.4, -0.2) is 54.6 Å². The van der Waals surface area contributed by atoms with Gasteiger partial charge in [0.25, 0.3) is 0 Å². The average Bonchev–Trinajstić information content (AvgIpc) is 3.56. The zero-order valence-electron chi connectivity index (χ0n) is 20.2. The molecule has 0 bridgehead atoms. The van der Waals surface area contributed by atoms with Crippen molar-refractivity contribution in [3.63, 3.8) is 0 Å². The van der Waals surface area contributed by atoms with Crippen LogP contribution in [0.25, 0.3) is 17.2 Å². The van der Waals surface area contributed by atoms with Gasteiger partial charge in [0.05, 0.1) is 19.0 Å². The number of carbonyl (C=O) groups excluding carboxylic acids is 1. The van der Waals surface area contributed by atoms with Gasteiger partial charge in [-0.15, -0.1) is 0 Å². The van der Waals surface area contributed by atoms with E-state index >= 15 is 0 Å². The van der Waals surface area contributed by atoms with Gasteiger partial charge in [-0.1, -0.05) is 42.5 Å². The molecule has 2 aliphatic rings. The molecular formula is C24H29N6O6P. The van der Waals surface area contributed by atoms with Crippen LogP contribution >= 0.6 is 7.82 Å². The Bertz CT molecular complexity index is 1330. The van der Waals surface area contributed by atoms with Gasteiger partial charge in [-0.3, -0.25) is 14.4 Å². The number of nitrogens with one attached hydrogen (secondary N) is 2. The summed E-state index contributed by atoms with van der Waals surface area (Å²) in [4.78, 5) is 43.6. The van der Waals surface area contributed by atoms with Crippen molar-refractivity contribution >= 4 is 36.9 Å². The monoisotopic (exact) mass is 528 g/mol. The number of ether oxygens (including phenoxy) is 1. The summed E-state index contributed by atoms with van der Waals surface area (Å²) < 4.78 is 24.4. The van der Waals surface area contributed by atoms with Crippen LogP contribution in [0.2, 0.25) is 0 Å². The van der Waals surface area contributed by atoms with Crippen LogP contribution < -0.4 is 10.6 Å². The van der Waals surface area contributed by atoms with Crippen LogP contribution in [0, 0.1) is 17.8 Å². The molecule has 3 heterocycles. The standard InChI is InChI=1S/C24H29N6O6P/c1-2-25-24(31)29-21-20-22(27-13-26-21)30(14-28-20)23-18-11-16(9-8-15-6-4-3-5-7-15)10-17(18)19(36-23)12-35-37(32,33)34/h3-9,13-14,16-19,23H,2,10-12H2,1H3,(H2,32,33,34)(H2,25,26,27,29,31)/b9-8+/t16-,17?,18-,19+,23+/m0/s1. The molecule has 0 radical (unpaired) electrons. The van der Waals surface area contributed by atoms with Gasteiger partial charge in [-0.25, -0.2) is 24.3 Å². The number of anilines is 1. The van der Waals surface area contributed by atoms with Crippen molar-refractivity contribution in [2.45, 2.75) is 32.1 Å². The number of hydrogen-bond donors (Lipinski definition) is 4. The SMILES string of the molecule is CCNC(=O)Nc1ncnc2c1ncn2[C@@H]1O[C@H](COP(=O)(O)O)C2C[C@H](/C=C/c3ccccc3)C[C@@H]21. The average molecular weight is 529 g/mol.